The highest BCUT2D eigenvalue weighted by Crippen LogP contribution is 2.76. The van der Waals surface area contributed by atoms with Crippen molar-refractivity contribution >= 4 is 33.1 Å². The van der Waals surface area contributed by atoms with Gasteiger partial charge in [-0.05, 0) is 30.4 Å². The highest BCUT2D eigenvalue weighted by molar-refractivity contribution is 8.61. The molecule has 1 aromatic rings. The maximum atomic E-state index is 4.52. The molecule has 6 atom stereocenters. The molecule has 1 aliphatic rings. The lowest BCUT2D eigenvalue weighted by atomic mass is 9.87. The Morgan fingerprint density at radius 3 is 3.13 bits per heavy atom. The van der Waals surface area contributed by atoms with Crippen molar-refractivity contribution in [1.29, 1.82) is 0 Å². The van der Waals surface area contributed by atoms with E-state index in [9.17, 15) is 0 Å². The van der Waals surface area contributed by atoms with E-state index in [0.717, 1.165) is 19.5 Å². The molecule has 0 amide bonds. The molecule has 5 heteroatoms. The third-order valence-electron chi connectivity index (χ3n) is 3.07. The number of pyridine rings is 1. The van der Waals surface area contributed by atoms with Crippen LogP contribution in [0.4, 0.5) is 0 Å². The Balaban J connectivity index is 2.37. The van der Waals surface area contributed by atoms with Crippen molar-refractivity contribution in [3.05, 3.63) is 29.6 Å². The van der Waals surface area contributed by atoms with Crippen molar-refractivity contribution in [1.82, 2.24) is 4.98 Å². The standard InChI is InChI=1S/C10H17NP4/c1-7-4-5-9-8(3-2-6-11-9)10(7)15(13)14-12/h2-3,6-7,10,14H,4-5,12-13H2,1H3. The topological polar surface area (TPSA) is 12.9 Å². The zero-order valence-corrected chi connectivity index (χ0v) is 13.1. The molecule has 1 heterocycles. The lowest BCUT2D eigenvalue weighted by molar-refractivity contribution is 0.483. The maximum Gasteiger partial charge on any atom is 0.0442 e. The summed E-state index contributed by atoms with van der Waals surface area (Å²) in [5.74, 6) is 0.818. The summed E-state index contributed by atoms with van der Waals surface area (Å²) in [6.07, 6.45) is 4.40. The molecule has 1 aromatic heterocycles. The molecule has 1 aliphatic carbocycles. The molecule has 0 aliphatic heterocycles. The maximum absolute atomic E-state index is 4.52. The van der Waals surface area contributed by atoms with Gasteiger partial charge in [0, 0.05) is 17.5 Å². The third-order valence-corrected chi connectivity index (χ3v) is 14.2. The van der Waals surface area contributed by atoms with Gasteiger partial charge < -0.3 is 0 Å². The van der Waals surface area contributed by atoms with Gasteiger partial charge in [0.1, 0.15) is 0 Å². The quantitative estimate of drug-likeness (QED) is 0.731. The zero-order chi connectivity index (χ0) is 10.8. The highest BCUT2D eigenvalue weighted by atomic mass is 32.6. The number of hydrogen-bond acceptors (Lipinski definition) is 1. The first-order valence-corrected chi connectivity index (χ1v) is 11.9. The van der Waals surface area contributed by atoms with E-state index in [1.54, 1.807) is 0 Å². The van der Waals surface area contributed by atoms with Crippen molar-refractivity contribution in [2.24, 2.45) is 5.92 Å². The summed E-state index contributed by atoms with van der Waals surface area (Å²) in [5, 5.41) is 0. The van der Waals surface area contributed by atoms with Crippen LogP contribution in [0.15, 0.2) is 18.3 Å². The molecule has 0 aromatic carbocycles. The summed E-state index contributed by atoms with van der Waals surface area (Å²) in [6.45, 7) is 2.39. The second kappa shape index (κ2) is 5.47. The van der Waals surface area contributed by atoms with E-state index < -0.39 is 0 Å². The zero-order valence-electron chi connectivity index (χ0n) is 8.85. The molecule has 2 rings (SSSR count). The van der Waals surface area contributed by atoms with E-state index in [1.807, 2.05) is 6.20 Å². The van der Waals surface area contributed by atoms with Gasteiger partial charge in [-0.2, -0.15) is 0 Å². The SMILES string of the molecule is CC1CCc2ncccc2C1P(P)PP. The van der Waals surface area contributed by atoms with E-state index in [0.29, 0.717) is 0 Å². The average Bonchev–Trinajstić information content (AvgIpc) is 2.28. The fraction of sp³-hybridized carbons (Fsp3) is 0.500. The first-order valence-electron chi connectivity index (χ1n) is 5.18. The van der Waals surface area contributed by atoms with E-state index >= 15 is 0 Å². The average molecular weight is 275 g/mol. The Labute approximate surface area is 99.2 Å². The summed E-state index contributed by atoms with van der Waals surface area (Å²) < 4.78 is 0. The van der Waals surface area contributed by atoms with Crippen LogP contribution in [0, 0.1) is 5.92 Å². The minimum Gasteiger partial charge on any atom is -0.261 e. The van der Waals surface area contributed by atoms with Crippen LogP contribution in [0.25, 0.3) is 0 Å². The van der Waals surface area contributed by atoms with Crippen molar-refractivity contribution in [2.75, 3.05) is 0 Å². The predicted octanol–water partition coefficient (Wildman–Crippen LogP) is 4.36. The Morgan fingerprint density at radius 2 is 2.40 bits per heavy atom. The first-order chi connectivity index (χ1) is 7.24. The van der Waals surface area contributed by atoms with Crippen molar-refractivity contribution in [3.8, 4) is 0 Å². The summed E-state index contributed by atoms with van der Waals surface area (Å²) in [6, 6.07) is 4.37. The van der Waals surface area contributed by atoms with Gasteiger partial charge in [0.2, 0.25) is 0 Å². The van der Waals surface area contributed by atoms with Crippen molar-refractivity contribution < 1.29 is 0 Å². The van der Waals surface area contributed by atoms with E-state index in [4.69, 9.17) is 0 Å². The second-order valence-electron chi connectivity index (χ2n) is 4.04. The molecule has 6 unspecified atom stereocenters. The third kappa shape index (κ3) is 2.58. The lowest BCUT2D eigenvalue weighted by Gasteiger charge is -2.34. The van der Waals surface area contributed by atoms with Gasteiger partial charge in [-0.15, -0.1) is 17.9 Å². The van der Waals surface area contributed by atoms with E-state index in [2.05, 4.69) is 41.9 Å². The van der Waals surface area contributed by atoms with Crippen LogP contribution in [0.1, 0.15) is 30.3 Å². The summed E-state index contributed by atoms with van der Waals surface area (Å²) in [5.41, 5.74) is 3.62. The number of aromatic nitrogens is 1. The Kier molecular flexibility index (Phi) is 4.50. The molecule has 0 radical (unpaired) electrons. The van der Waals surface area contributed by atoms with Crippen LogP contribution >= 0.6 is 33.1 Å². The van der Waals surface area contributed by atoms with E-state index in [1.165, 1.54) is 24.1 Å². The molecule has 82 valence electrons. The number of hydrogen-bond donors (Lipinski definition) is 0. The first kappa shape index (κ1) is 12.3. The molecule has 0 bridgehead atoms. The Hall–Kier alpha value is 0.870. The molecule has 0 N–H and O–H groups in total. The fourth-order valence-electron chi connectivity index (χ4n) is 2.26. The van der Waals surface area contributed by atoms with Crippen LogP contribution in [-0.2, 0) is 6.42 Å². The van der Waals surface area contributed by atoms with Gasteiger partial charge in [0.25, 0.3) is 0 Å². The van der Waals surface area contributed by atoms with Crippen molar-refractivity contribution in [3.63, 3.8) is 0 Å². The molecule has 1 nitrogen and oxygen atoms in total. The summed E-state index contributed by atoms with van der Waals surface area (Å²) >= 11 is 0. The lowest BCUT2D eigenvalue weighted by Crippen LogP contribution is -2.16. The Morgan fingerprint density at radius 1 is 1.60 bits per heavy atom. The van der Waals surface area contributed by atoms with E-state index in [-0.39, 0.29) is 7.30 Å². The molecular formula is C10H17NP4. The molecule has 0 fully saturated rings. The van der Waals surface area contributed by atoms with Crippen LogP contribution < -0.4 is 0 Å². The minimum atomic E-state index is 0.0449. The van der Waals surface area contributed by atoms with Crippen molar-refractivity contribution in [2.45, 2.75) is 25.4 Å². The fourth-order valence-corrected chi connectivity index (χ4v) is 8.13. The van der Waals surface area contributed by atoms with Crippen LogP contribution in [0.3, 0.4) is 0 Å². The van der Waals surface area contributed by atoms with Gasteiger partial charge in [0.15, 0.2) is 0 Å². The number of aryl methyl sites for hydroxylation is 1. The van der Waals surface area contributed by atoms with Gasteiger partial charge in [0.05, 0.1) is 0 Å². The van der Waals surface area contributed by atoms with Gasteiger partial charge >= 0.3 is 0 Å². The summed E-state index contributed by atoms with van der Waals surface area (Å²) in [7, 11) is 7.01. The van der Waals surface area contributed by atoms with Gasteiger partial charge in [-0.1, -0.05) is 28.2 Å². The number of rotatable bonds is 2. The van der Waals surface area contributed by atoms with Crippen LogP contribution in [-0.4, -0.2) is 4.98 Å². The normalized spacial score (nSPS) is 27.9. The van der Waals surface area contributed by atoms with Crippen LogP contribution in [0.5, 0.6) is 0 Å². The molecule has 0 spiro atoms. The molecule has 0 saturated heterocycles. The molecule has 0 saturated carbocycles. The summed E-state index contributed by atoms with van der Waals surface area (Å²) in [4.78, 5) is 4.52. The molecule has 15 heavy (non-hydrogen) atoms. The Bertz CT molecular complexity index is 344. The highest BCUT2D eigenvalue weighted by Gasteiger charge is 2.30. The molecular weight excluding hydrogens is 258 g/mol. The number of fused-ring (bicyclic) bond motifs is 1. The van der Waals surface area contributed by atoms with Gasteiger partial charge in [-0.3, -0.25) is 4.98 Å². The smallest absolute Gasteiger partial charge is 0.0442 e. The monoisotopic (exact) mass is 275 g/mol. The van der Waals surface area contributed by atoms with Crippen LogP contribution in [0.2, 0.25) is 0 Å². The number of nitrogens with zero attached hydrogens (tertiary/aromatic N) is 1. The largest absolute Gasteiger partial charge is 0.261 e. The minimum absolute atomic E-state index is 0.0449. The second-order valence-corrected chi connectivity index (χ2v) is 13.5. The van der Waals surface area contributed by atoms with Gasteiger partial charge in [-0.25, -0.2) is 0 Å². The predicted molar refractivity (Wildman–Crippen MR) is 79.1 cm³/mol.